The van der Waals surface area contributed by atoms with Crippen molar-refractivity contribution in [2.45, 2.75) is 36.1 Å². The number of methoxy groups -OCH3 is 1. The van der Waals surface area contributed by atoms with Crippen molar-refractivity contribution < 1.29 is 22.3 Å². The Morgan fingerprint density at radius 3 is 2.43 bits per heavy atom. The lowest BCUT2D eigenvalue weighted by atomic mass is 9.88. The van der Waals surface area contributed by atoms with Crippen molar-refractivity contribution in [2.24, 2.45) is 4.99 Å². The van der Waals surface area contributed by atoms with Crippen LogP contribution in [-0.4, -0.2) is 27.9 Å². The Balaban J connectivity index is 2.75. The number of hydrogen-bond acceptors (Lipinski definition) is 5. The standard InChI is InChI=1S/C14H16FNO4S/c1-20-11-6-5-10(12(15)13(11)21(2,18)19)14(16-9-17)7-3-4-8-14/h5-6H,3-4,7-8H2,1-2H3. The van der Waals surface area contributed by atoms with Crippen LogP contribution in [-0.2, 0) is 20.2 Å². The lowest BCUT2D eigenvalue weighted by Gasteiger charge is -2.24. The third-order valence-electron chi connectivity index (χ3n) is 3.84. The first-order chi connectivity index (χ1) is 9.85. The Bertz CT molecular complexity index is 702. The van der Waals surface area contributed by atoms with Crippen molar-refractivity contribution in [3.05, 3.63) is 23.5 Å². The van der Waals surface area contributed by atoms with Gasteiger partial charge in [0.15, 0.2) is 15.7 Å². The lowest BCUT2D eigenvalue weighted by Crippen LogP contribution is -2.22. The van der Waals surface area contributed by atoms with E-state index in [1.54, 1.807) is 0 Å². The summed E-state index contributed by atoms with van der Waals surface area (Å²) in [7, 11) is -2.53. The van der Waals surface area contributed by atoms with Gasteiger partial charge in [-0.1, -0.05) is 12.8 Å². The van der Waals surface area contributed by atoms with Gasteiger partial charge in [-0.25, -0.2) is 17.6 Å². The van der Waals surface area contributed by atoms with Crippen molar-refractivity contribution >= 4 is 15.9 Å². The van der Waals surface area contributed by atoms with Crippen LogP contribution >= 0.6 is 0 Å². The lowest BCUT2D eigenvalue weighted by molar-refractivity contribution is 0.383. The second kappa shape index (κ2) is 5.58. The van der Waals surface area contributed by atoms with Gasteiger partial charge >= 0.3 is 0 Å². The highest BCUT2D eigenvalue weighted by atomic mass is 32.2. The highest BCUT2D eigenvalue weighted by molar-refractivity contribution is 7.90. The molecule has 1 aromatic carbocycles. The molecule has 114 valence electrons. The molecule has 0 bridgehead atoms. The van der Waals surface area contributed by atoms with Gasteiger partial charge in [0, 0.05) is 11.8 Å². The molecule has 0 radical (unpaired) electrons. The zero-order valence-corrected chi connectivity index (χ0v) is 12.7. The number of ether oxygens (including phenoxy) is 1. The Morgan fingerprint density at radius 2 is 1.95 bits per heavy atom. The quantitative estimate of drug-likeness (QED) is 0.632. The van der Waals surface area contributed by atoms with E-state index in [-0.39, 0.29) is 11.3 Å². The maximum Gasteiger partial charge on any atom is 0.235 e. The predicted octanol–water partition coefficient (Wildman–Crippen LogP) is 2.34. The molecule has 1 aliphatic carbocycles. The molecule has 0 heterocycles. The Morgan fingerprint density at radius 1 is 1.33 bits per heavy atom. The van der Waals surface area contributed by atoms with Crippen LogP contribution in [0, 0.1) is 5.82 Å². The fourth-order valence-electron chi connectivity index (χ4n) is 2.89. The molecule has 0 atom stereocenters. The van der Waals surface area contributed by atoms with E-state index in [1.165, 1.54) is 25.3 Å². The maximum absolute atomic E-state index is 14.8. The molecule has 1 aliphatic rings. The summed E-state index contributed by atoms with van der Waals surface area (Å²) in [5, 5.41) is 0. The predicted molar refractivity (Wildman–Crippen MR) is 74.3 cm³/mol. The highest BCUT2D eigenvalue weighted by Gasteiger charge is 2.40. The van der Waals surface area contributed by atoms with E-state index in [0.717, 1.165) is 19.1 Å². The van der Waals surface area contributed by atoms with Gasteiger partial charge < -0.3 is 4.74 Å². The number of sulfone groups is 1. The Labute approximate surface area is 122 Å². The van der Waals surface area contributed by atoms with Crippen LogP contribution in [0.25, 0.3) is 0 Å². The van der Waals surface area contributed by atoms with E-state index >= 15 is 0 Å². The number of halogens is 1. The van der Waals surface area contributed by atoms with Gasteiger partial charge in [0.25, 0.3) is 0 Å². The minimum absolute atomic E-state index is 0.0537. The monoisotopic (exact) mass is 313 g/mol. The molecule has 5 nitrogen and oxygen atoms in total. The van der Waals surface area contributed by atoms with Crippen LogP contribution in [0.4, 0.5) is 4.39 Å². The molecule has 0 N–H and O–H groups in total. The largest absolute Gasteiger partial charge is 0.495 e. The van der Waals surface area contributed by atoms with E-state index in [4.69, 9.17) is 4.74 Å². The van der Waals surface area contributed by atoms with Gasteiger partial charge in [-0.05, 0) is 25.0 Å². The number of nitrogens with zero attached hydrogens (tertiary/aromatic N) is 1. The van der Waals surface area contributed by atoms with Gasteiger partial charge in [0.05, 0.1) is 7.11 Å². The summed E-state index contributed by atoms with van der Waals surface area (Å²) in [6.07, 6.45) is 4.99. The van der Waals surface area contributed by atoms with E-state index in [9.17, 15) is 17.6 Å². The van der Waals surface area contributed by atoms with Crippen molar-refractivity contribution in [3.8, 4) is 5.75 Å². The molecular weight excluding hydrogens is 297 g/mol. The highest BCUT2D eigenvalue weighted by Crippen LogP contribution is 2.45. The SMILES string of the molecule is COc1ccc(C2(N=C=O)CCCC2)c(F)c1S(C)(=O)=O. The molecule has 0 amide bonds. The number of rotatable bonds is 4. The number of hydrogen-bond donors (Lipinski definition) is 0. The minimum Gasteiger partial charge on any atom is -0.495 e. The Hall–Kier alpha value is -1.72. The molecule has 7 heteroatoms. The smallest absolute Gasteiger partial charge is 0.235 e. The fraction of sp³-hybridized carbons (Fsp3) is 0.500. The zero-order valence-electron chi connectivity index (χ0n) is 11.8. The van der Waals surface area contributed by atoms with Crippen LogP contribution in [0.2, 0.25) is 0 Å². The molecule has 0 unspecified atom stereocenters. The third kappa shape index (κ3) is 2.71. The van der Waals surface area contributed by atoms with Crippen LogP contribution in [0.15, 0.2) is 22.0 Å². The number of aliphatic imine (C=N–C) groups is 1. The second-order valence-electron chi connectivity index (χ2n) is 5.17. The van der Waals surface area contributed by atoms with Gasteiger partial charge in [-0.2, -0.15) is 4.99 Å². The average Bonchev–Trinajstić information content (AvgIpc) is 2.86. The molecule has 0 aliphatic heterocycles. The third-order valence-corrected chi connectivity index (χ3v) is 4.97. The van der Waals surface area contributed by atoms with E-state index in [1.807, 2.05) is 0 Å². The molecule has 0 aromatic heterocycles. The van der Waals surface area contributed by atoms with E-state index in [0.29, 0.717) is 12.8 Å². The van der Waals surface area contributed by atoms with E-state index in [2.05, 4.69) is 4.99 Å². The van der Waals surface area contributed by atoms with E-state index < -0.39 is 26.1 Å². The van der Waals surface area contributed by atoms with Crippen molar-refractivity contribution in [3.63, 3.8) is 0 Å². The summed E-state index contributed by atoms with van der Waals surface area (Å²) in [6, 6.07) is 2.84. The number of carbonyl (C=O) groups excluding carboxylic acids is 1. The second-order valence-corrected chi connectivity index (χ2v) is 7.13. The first-order valence-corrected chi connectivity index (χ1v) is 8.41. The first-order valence-electron chi connectivity index (χ1n) is 6.52. The topological polar surface area (TPSA) is 72.8 Å². The van der Waals surface area contributed by atoms with Gasteiger partial charge in [0.2, 0.25) is 6.08 Å². The summed E-state index contributed by atoms with van der Waals surface area (Å²) >= 11 is 0. The molecule has 0 spiro atoms. The molecule has 0 saturated heterocycles. The zero-order chi connectivity index (χ0) is 15.7. The van der Waals surface area contributed by atoms with Crippen molar-refractivity contribution in [2.75, 3.05) is 13.4 Å². The van der Waals surface area contributed by atoms with Gasteiger partial charge in [0.1, 0.15) is 16.2 Å². The van der Waals surface area contributed by atoms with Crippen LogP contribution in [0.3, 0.4) is 0 Å². The average molecular weight is 313 g/mol. The van der Waals surface area contributed by atoms with Crippen LogP contribution in [0.1, 0.15) is 31.2 Å². The number of isocyanates is 1. The Kier molecular flexibility index (Phi) is 4.16. The van der Waals surface area contributed by atoms with Gasteiger partial charge in [-0.3, -0.25) is 0 Å². The summed E-state index contributed by atoms with van der Waals surface area (Å²) in [5.74, 6) is -0.945. The normalized spacial score (nSPS) is 17.3. The molecule has 2 rings (SSSR count). The summed E-state index contributed by atoms with van der Waals surface area (Å²) in [6.45, 7) is 0. The molecule has 1 aromatic rings. The maximum atomic E-state index is 14.8. The summed E-state index contributed by atoms with van der Waals surface area (Å²) in [5.41, 5.74) is -0.901. The van der Waals surface area contributed by atoms with Gasteiger partial charge in [-0.15, -0.1) is 0 Å². The summed E-state index contributed by atoms with van der Waals surface area (Å²) < 4.78 is 43.4. The van der Waals surface area contributed by atoms with Crippen LogP contribution in [0.5, 0.6) is 5.75 Å². The fourth-order valence-corrected chi connectivity index (χ4v) is 3.84. The van der Waals surface area contributed by atoms with Crippen molar-refractivity contribution in [1.29, 1.82) is 0 Å². The minimum atomic E-state index is -3.81. The first kappa shape index (κ1) is 15.7. The van der Waals surface area contributed by atoms with Crippen molar-refractivity contribution in [1.82, 2.24) is 0 Å². The molecule has 21 heavy (non-hydrogen) atoms. The molecule has 1 fully saturated rings. The van der Waals surface area contributed by atoms with Crippen LogP contribution < -0.4 is 4.74 Å². The summed E-state index contributed by atoms with van der Waals surface area (Å²) in [4.78, 5) is 14.0. The number of benzene rings is 1. The molecular formula is C14H16FNO4S. The molecule has 1 saturated carbocycles.